The van der Waals surface area contributed by atoms with Gasteiger partial charge in [-0.3, -0.25) is 9.59 Å². The van der Waals surface area contributed by atoms with Crippen LogP contribution in [0.3, 0.4) is 0 Å². The lowest BCUT2D eigenvalue weighted by Gasteiger charge is -2.23. The van der Waals surface area contributed by atoms with Gasteiger partial charge in [-0.2, -0.15) is 0 Å². The van der Waals surface area contributed by atoms with E-state index in [1.54, 1.807) is 31.2 Å². The standard InChI is InChI=1S/C18H26N2O4/c1-4-6-12-19-17(22)11-13-20(14(3)21)16-10-8-7-9-15(16)18(23)24-5-2/h7-10H,4-6,11-13H2,1-3H3,(H,19,22). The fourth-order valence-corrected chi connectivity index (χ4v) is 2.24. The van der Waals surface area contributed by atoms with E-state index in [2.05, 4.69) is 12.2 Å². The first-order valence-corrected chi connectivity index (χ1v) is 8.32. The number of amides is 2. The van der Waals surface area contributed by atoms with Gasteiger partial charge in [-0.15, -0.1) is 0 Å². The molecule has 0 saturated carbocycles. The molecule has 2 amide bonds. The lowest BCUT2D eigenvalue weighted by Crippen LogP contribution is -2.35. The largest absolute Gasteiger partial charge is 0.462 e. The molecule has 0 radical (unpaired) electrons. The molecule has 0 bridgehead atoms. The van der Waals surface area contributed by atoms with Crippen molar-refractivity contribution < 1.29 is 19.1 Å². The third-order valence-corrected chi connectivity index (χ3v) is 3.49. The zero-order valence-electron chi connectivity index (χ0n) is 14.6. The summed E-state index contributed by atoms with van der Waals surface area (Å²) in [5, 5.41) is 2.82. The molecule has 24 heavy (non-hydrogen) atoms. The van der Waals surface area contributed by atoms with Gasteiger partial charge in [0, 0.05) is 26.4 Å². The Hall–Kier alpha value is -2.37. The minimum absolute atomic E-state index is 0.108. The molecule has 6 heteroatoms. The molecule has 0 fully saturated rings. The van der Waals surface area contributed by atoms with Crippen LogP contribution in [0.1, 0.15) is 50.4 Å². The number of benzene rings is 1. The van der Waals surface area contributed by atoms with Crippen LogP contribution in [-0.4, -0.2) is 37.5 Å². The molecule has 1 aromatic carbocycles. The Morgan fingerprint density at radius 2 is 1.88 bits per heavy atom. The minimum Gasteiger partial charge on any atom is -0.462 e. The monoisotopic (exact) mass is 334 g/mol. The number of hydrogen-bond acceptors (Lipinski definition) is 4. The first-order valence-electron chi connectivity index (χ1n) is 8.32. The average molecular weight is 334 g/mol. The highest BCUT2D eigenvalue weighted by Crippen LogP contribution is 2.22. The Labute approximate surface area is 143 Å². The molecule has 0 spiro atoms. The molecular formula is C18H26N2O4. The number of nitrogens with one attached hydrogen (secondary N) is 1. The second-order valence-electron chi connectivity index (χ2n) is 5.36. The lowest BCUT2D eigenvalue weighted by molar-refractivity contribution is -0.121. The predicted molar refractivity (Wildman–Crippen MR) is 93.0 cm³/mol. The van der Waals surface area contributed by atoms with Crippen LogP contribution in [0.25, 0.3) is 0 Å². The number of ether oxygens (including phenoxy) is 1. The third-order valence-electron chi connectivity index (χ3n) is 3.49. The summed E-state index contributed by atoms with van der Waals surface area (Å²) in [5.41, 5.74) is 0.783. The van der Waals surface area contributed by atoms with Gasteiger partial charge in [0.05, 0.1) is 17.9 Å². The van der Waals surface area contributed by atoms with E-state index in [9.17, 15) is 14.4 Å². The van der Waals surface area contributed by atoms with Crippen LogP contribution in [0.5, 0.6) is 0 Å². The Bertz CT molecular complexity index is 572. The molecule has 0 aromatic heterocycles. The van der Waals surface area contributed by atoms with Crippen molar-refractivity contribution in [1.29, 1.82) is 0 Å². The molecule has 1 rings (SSSR count). The van der Waals surface area contributed by atoms with Crippen molar-refractivity contribution in [1.82, 2.24) is 5.32 Å². The van der Waals surface area contributed by atoms with E-state index in [-0.39, 0.29) is 31.4 Å². The minimum atomic E-state index is -0.480. The summed E-state index contributed by atoms with van der Waals surface area (Å²) in [6.07, 6.45) is 2.11. The van der Waals surface area contributed by atoms with E-state index in [1.807, 2.05) is 0 Å². The number of rotatable bonds is 9. The molecule has 0 saturated heterocycles. The molecule has 0 atom stereocenters. The molecule has 0 aliphatic rings. The van der Waals surface area contributed by atoms with Crippen molar-refractivity contribution in [3.05, 3.63) is 29.8 Å². The Morgan fingerprint density at radius 3 is 2.50 bits per heavy atom. The van der Waals surface area contributed by atoms with Crippen LogP contribution in [0.2, 0.25) is 0 Å². The fraction of sp³-hybridized carbons (Fsp3) is 0.500. The first kappa shape index (κ1) is 19.7. The topological polar surface area (TPSA) is 75.7 Å². The van der Waals surface area contributed by atoms with Gasteiger partial charge in [0.1, 0.15) is 0 Å². The van der Waals surface area contributed by atoms with Crippen LogP contribution in [0, 0.1) is 0 Å². The number of para-hydroxylation sites is 1. The first-order chi connectivity index (χ1) is 11.5. The zero-order valence-corrected chi connectivity index (χ0v) is 14.6. The van der Waals surface area contributed by atoms with Crippen LogP contribution in [-0.2, 0) is 14.3 Å². The van der Waals surface area contributed by atoms with E-state index in [0.29, 0.717) is 17.8 Å². The van der Waals surface area contributed by atoms with Crippen LogP contribution in [0.4, 0.5) is 5.69 Å². The molecule has 1 N–H and O–H groups in total. The maximum Gasteiger partial charge on any atom is 0.340 e. The predicted octanol–water partition coefficient (Wildman–Crippen LogP) is 2.52. The number of hydrogen-bond donors (Lipinski definition) is 1. The highest BCUT2D eigenvalue weighted by molar-refractivity contribution is 6.02. The quantitative estimate of drug-likeness (QED) is 0.556. The Kier molecular flexibility index (Phi) is 8.54. The Morgan fingerprint density at radius 1 is 1.17 bits per heavy atom. The second-order valence-corrected chi connectivity index (χ2v) is 5.36. The summed E-state index contributed by atoms with van der Waals surface area (Å²) in [5.74, 6) is -0.817. The van der Waals surface area contributed by atoms with Gasteiger partial charge in [0.2, 0.25) is 11.8 Å². The van der Waals surface area contributed by atoms with Crippen LogP contribution >= 0.6 is 0 Å². The maximum atomic E-state index is 12.1. The van der Waals surface area contributed by atoms with Crippen LogP contribution < -0.4 is 10.2 Å². The van der Waals surface area contributed by atoms with Gasteiger partial charge in [-0.05, 0) is 25.5 Å². The third kappa shape index (κ3) is 6.02. The molecule has 0 aliphatic carbocycles. The normalized spacial score (nSPS) is 10.1. The van der Waals surface area contributed by atoms with Gasteiger partial charge in [0.25, 0.3) is 0 Å². The molecule has 0 unspecified atom stereocenters. The van der Waals surface area contributed by atoms with E-state index in [0.717, 1.165) is 12.8 Å². The van der Waals surface area contributed by atoms with Gasteiger partial charge >= 0.3 is 5.97 Å². The lowest BCUT2D eigenvalue weighted by atomic mass is 10.1. The molecule has 1 aromatic rings. The van der Waals surface area contributed by atoms with Crippen molar-refractivity contribution in [3.8, 4) is 0 Å². The molecular weight excluding hydrogens is 308 g/mol. The van der Waals surface area contributed by atoms with Gasteiger partial charge in [0.15, 0.2) is 0 Å². The highest BCUT2D eigenvalue weighted by atomic mass is 16.5. The zero-order chi connectivity index (χ0) is 17.9. The highest BCUT2D eigenvalue weighted by Gasteiger charge is 2.20. The van der Waals surface area contributed by atoms with E-state index in [1.165, 1.54) is 11.8 Å². The smallest absolute Gasteiger partial charge is 0.340 e. The summed E-state index contributed by atoms with van der Waals surface area (Å²) in [4.78, 5) is 37.4. The number of esters is 1. The van der Waals surface area contributed by atoms with E-state index < -0.39 is 5.97 Å². The number of unbranched alkanes of at least 4 members (excludes halogenated alkanes) is 1. The average Bonchev–Trinajstić information content (AvgIpc) is 2.55. The van der Waals surface area contributed by atoms with Crippen molar-refractivity contribution >= 4 is 23.5 Å². The SMILES string of the molecule is CCCCNC(=O)CCN(C(C)=O)c1ccccc1C(=O)OCC. The number of nitrogens with zero attached hydrogens (tertiary/aromatic N) is 1. The summed E-state index contributed by atoms with van der Waals surface area (Å²) < 4.78 is 5.03. The maximum absolute atomic E-state index is 12.1. The van der Waals surface area contributed by atoms with Crippen molar-refractivity contribution in [2.75, 3.05) is 24.6 Å². The molecule has 6 nitrogen and oxygen atoms in total. The van der Waals surface area contributed by atoms with Crippen molar-refractivity contribution in [2.45, 2.75) is 40.0 Å². The van der Waals surface area contributed by atoms with Gasteiger partial charge in [-0.1, -0.05) is 25.5 Å². The molecule has 0 aliphatic heterocycles. The van der Waals surface area contributed by atoms with Gasteiger partial charge in [-0.25, -0.2) is 4.79 Å². The van der Waals surface area contributed by atoms with Crippen LogP contribution in [0.15, 0.2) is 24.3 Å². The second kappa shape index (κ2) is 10.4. The van der Waals surface area contributed by atoms with Crippen molar-refractivity contribution in [2.24, 2.45) is 0 Å². The van der Waals surface area contributed by atoms with Gasteiger partial charge < -0.3 is 15.0 Å². The summed E-state index contributed by atoms with van der Waals surface area (Å²) in [6, 6.07) is 6.76. The van der Waals surface area contributed by atoms with E-state index in [4.69, 9.17) is 4.74 Å². The molecule has 0 heterocycles. The Balaban J connectivity index is 2.84. The number of carbonyl (C=O) groups excluding carboxylic acids is 3. The summed E-state index contributed by atoms with van der Waals surface area (Å²) in [7, 11) is 0. The van der Waals surface area contributed by atoms with E-state index >= 15 is 0 Å². The summed E-state index contributed by atoms with van der Waals surface area (Å²) in [6.45, 7) is 6.29. The molecule has 132 valence electrons. The van der Waals surface area contributed by atoms with Crippen molar-refractivity contribution in [3.63, 3.8) is 0 Å². The fourth-order valence-electron chi connectivity index (χ4n) is 2.24. The number of anilines is 1. The number of carbonyl (C=O) groups is 3. The summed E-state index contributed by atoms with van der Waals surface area (Å²) >= 11 is 0.